The number of hydrogen-bond acceptors (Lipinski definition) is 1. The van der Waals surface area contributed by atoms with Crippen LogP contribution in [0.2, 0.25) is 10.0 Å². The number of hydrogen-bond donors (Lipinski definition) is 1. The monoisotopic (exact) mass is 299 g/mol. The highest BCUT2D eigenvalue weighted by molar-refractivity contribution is 6.42. The molecule has 2 N–H and O–H groups in total. The number of halogens is 2. The minimum Gasteiger partial charge on any atom is -0.330 e. The second-order valence-electron chi connectivity index (χ2n) is 6.76. The highest BCUT2D eigenvalue weighted by atomic mass is 35.5. The molecule has 0 heterocycles. The Balaban J connectivity index is 2.18. The lowest BCUT2D eigenvalue weighted by Gasteiger charge is -2.43. The fourth-order valence-electron chi connectivity index (χ4n) is 3.00. The summed E-state index contributed by atoms with van der Waals surface area (Å²) in [5.41, 5.74) is 7.88. The fourth-order valence-corrected chi connectivity index (χ4v) is 3.39. The molecule has 3 heteroatoms. The van der Waals surface area contributed by atoms with E-state index in [4.69, 9.17) is 28.9 Å². The van der Waals surface area contributed by atoms with Crippen molar-refractivity contribution in [3.8, 4) is 0 Å². The largest absolute Gasteiger partial charge is 0.330 e. The van der Waals surface area contributed by atoms with Crippen LogP contribution in [-0.2, 0) is 6.42 Å². The molecular formula is C16H23Cl2N. The van der Waals surface area contributed by atoms with Crippen LogP contribution in [0.1, 0.15) is 45.1 Å². The Bertz CT molecular complexity index is 444. The van der Waals surface area contributed by atoms with Crippen LogP contribution in [0.25, 0.3) is 0 Å². The van der Waals surface area contributed by atoms with Crippen LogP contribution in [0, 0.1) is 10.8 Å². The van der Waals surface area contributed by atoms with Gasteiger partial charge in [0.1, 0.15) is 0 Å². The van der Waals surface area contributed by atoms with Crippen molar-refractivity contribution in [2.45, 2.75) is 46.0 Å². The quantitative estimate of drug-likeness (QED) is 0.827. The zero-order valence-corrected chi connectivity index (χ0v) is 13.3. The average Bonchev–Trinajstić information content (AvgIpc) is 2.38. The van der Waals surface area contributed by atoms with E-state index in [1.807, 2.05) is 12.1 Å². The third kappa shape index (κ3) is 3.45. The molecule has 1 saturated carbocycles. The van der Waals surface area contributed by atoms with Gasteiger partial charge in [0.05, 0.1) is 10.0 Å². The highest BCUT2D eigenvalue weighted by Gasteiger charge is 2.37. The molecule has 0 aliphatic heterocycles. The molecule has 1 nitrogen and oxygen atoms in total. The molecule has 1 fully saturated rings. The minimum absolute atomic E-state index is 0.198. The lowest BCUT2D eigenvalue weighted by molar-refractivity contribution is 0.108. The first kappa shape index (κ1) is 15.2. The van der Waals surface area contributed by atoms with Gasteiger partial charge in [-0.3, -0.25) is 0 Å². The van der Waals surface area contributed by atoms with Crippen LogP contribution in [0.5, 0.6) is 0 Å². The van der Waals surface area contributed by atoms with E-state index in [2.05, 4.69) is 19.9 Å². The standard InChI is InChI=1S/C16H23Cl2N/c1-15(2)6-8-16(11-19,9-7-15)10-12-4-3-5-13(17)14(12)18/h3-5H,6-11,19H2,1-2H3. The van der Waals surface area contributed by atoms with Crippen molar-refractivity contribution in [1.82, 2.24) is 0 Å². The topological polar surface area (TPSA) is 26.0 Å². The SMILES string of the molecule is CC1(C)CCC(CN)(Cc2cccc(Cl)c2Cl)CC1. The molecule has 106 valence electrons. The van der Waals surface area contributed by atoms with Crippen molar-refractivity contribution in [2.75, 3.05) is 6.54 Å². The first-order valence-corrected chi connectivity index (χ1v) is 7.76. The Morgan fingerprint density at radius 3 is 2.32 bits per heavy atom. The van der Waals surface area contributed by atoms with Crippen LogP contribution in [0.3, 0.4) is 0 Å². The van der Waals surface area contributed by atoms with E-state index in [0.717, 1.165) is 18.5 Å². The van der Waals surface area contributed by atoms with Crippen molar-refractivity contribution in [2.24, 2.45) is 16.6 Å². The van der Waals surface area contributed by atoms with Gasteiger partial charge < -0.3 is 5.73 Å². The molecule has 0 bridgehead atoms. The van der Waals surface area contributed by atoms with Crippen LogP contribution in [0.15, 0.2) is 18.2 Å². The summed E-state index contributed by atoms with van der Waals surface area (Å²) in [5.74, 6) is 0. The maximum Gasteiger partial charge on any atom is 0.0624 e. The van der Waals surface area contributed by atoms with E-state index < -0.39 is 0 Å². The zero-order valence-electron chi connectivity index (χ0n) is 11.8. The van der Waals surface area contributed by atoms with Gasteiger partial charge in [-0.05, 0) is 61.1 Å². The van der Waals surface area contributed by atoms with Gasteiger partial charge >= 0.3 is 0 Å². The van der Waals surface area contributed by atoms with Crippen LogP contribution < -0.4 is 5.73 Å². The van der Waals surface area contributed by atoms with Gasteiger partial charge in [-0.15, -0.1) is 0 Å². The van der Waals surface area contributed by atoms with E-state index in [1.54, 1.807) is 0 Å². The zero-order chi connectivity index (χ0) is 14.1. The van der Waals surface area contributed by atoms with Crippen molar-refractivity contribution in [1.29, 1.82) is 0 Å². The van der Waals surface area contributed by atoms with Gasteiger partial charge in [0.25, 0.3) is 0 Å². The van der Waals surface area contributed by atoms with E-state index in [0.29, 0.717) is 15.5 Å². The van der Waals surface area contributed by atoms with E-state index in [-0.39, 0.29) is 5.41 Å². The average molecular weight is 300 g/mol. The van der Waals surface area contributed by atoms with Gasteiger partial charge in [-0.1, -0.05) is 49.2 Å². The van der Waals surface area contributed by atoms with Gasteiger partial charge in [-0.25, -0.2) is 0 Å². The number of benzene rings is 1. The molecule has 0 radical (unpaired) electrons. The highest BCUT2D eigenvalue weighted by Crippen LogP contribution is 2.47. The Morgan fingerprint density at radius 2 is 1.74 bits per heavy atom. The Hall–Kier alpha value is -0.240. The molecular weight excluding hydrogens is 277 g/mol. The summed E-state index contributed by atoms with van der Waals surface area (Å²) >= 11 is 12.4. The summed E-state index contributed by atoms with van der Waals surface area (Å²) in [4.78, 5) is 0. The molecule has 0 unspecified atom stereocenters. The lowest BCUT2D eigenvalue weighted by Crippen LogP contribution is -2.39. The Kier molecular flexibility index (Phi) is 4.49. The lowest BCUT2D eigenvalue weighted by atomic mass is 9.63. The summed E-state index contributed by atoms with van der Waals surface area (Å²) in [6.45, 7) is 5.42. The summed E-state index contributed by atoms with van der Waals surface area (Å²) in [6, 6.07) is 5.89. The normalized spacial score (nSPS) is 21.3. The summed E-state index contributed by atoms with van der Waals surface area (Å²) in [6.07, 6.45) is 5.78. The van der Waals surface area contributed by atoms with Gasteiger partial charge in [0.2, 0.25) is 0 Å². The molecule has 19 heavy (non-hydrogen) atoms. The minimum atomic E-state index is 0.198. The molecule has 0 spiro atoms. The maximum atomic E-state index is 6.31. The molecule has 0 saturated heterocycles. The maximum absolute atomic E-state index is 6.31. The molecule has 1 aliphatic carbocycles. The van der Waals surface area contributed by atoms with Crippen LogP contribution in [-0.4, -0.2) is 6.54 Å². The third-order valence-corrected chi connectivity index (χ3v) is 5.55. The van der Waals surface area contributed by atoms with Crippen molar-refractivity contribution in [3.63, 3.8) is 0 Å². The van der Waals surface area contributed by atoms with Crippen molar-refractivity contribution >= 4 is 23.2 Å². The van der Waals surface area contributed by atoms with Gasteiger partial charge in [-0.2, -0.15) is 0 Å². The van der Waals surface area contributed by atoms with Crippen molar-refractivity contribution < 1.29 is 0 Å². The number of nitrogens with two attached hydrogens (primary N) is 1. The van der Waals surface area contributed by atoms with Crippen molar-refractivity contribution in [3.05, 3.63) is 33.8 Å². The summed E-state index contributed by atoms with van der Waals surface area (Å²) in [5, 5.41) is 1.34. The summed E-state index contributed by atoms with van der Waals surface area (Å²) in [7, 11) is 0. The second-order valence-corrected chi connectivity index (χ2v) is 7.54. The summed E-state index contributed by atoms with van der Waals surface area (Å²) < 4.78 is 0. The third-order valence-electron chi connectivity index (χ3n) is 4.69. The molecule has 1 aromatic carbocycles. The smallest absolute Gasteiger partial charge is 0.0624 e. The molecule has 1 aromatic rings. The first-order valence-electron chi connectivity index (χ1n) is 7.01. The molecule has 0 atom stereocenters. The van der Waals surface area contributed by atoms with Gasteiger partial charge in [0, 0.05) is 0 Å². The van der Waals surface area contributed by atoms with E-state index >= 15 is 0 Å². The molecule has 1 aliphatic rings. The van der Waals surface area contributed by atoms with Crippen LogP contribution >= 0.6 is 23.2 Å². The molecule has 0 amide bonds. The Morgan fingerprint density at radius 1 is 1.11 bits per heavy atom. The predicted molar refractivity (Wildman–Crippen MR) is 83.9 cm³/mol. The van der Waals surface area contributed by atoms with Gasteiger partial charge in [0.15, 0.2) is 0 Å². The molecule has 0 aromatic heterocycles. The molecule has 2 rings (SSSR count). The predicted octanol–water partition coefficient (Wildman–Crippen LogP) is 5.08. The Labute approximate surface area is 126 Å². The number of rotatable bonds is 3. The second kappa shape index (κ2) is 5.63. The van der Waals surface area contributed by atoms with E-state index in [1.165, 1.54) is 25.7 Å². The van der Waals surface area contributed by atoms with E-state index in [9.17, 15) is 0 Å². The fraction of sp³-hybridized carbons (Fsp3) is 0.625. The first-order chi connectivity index (χ1) is 8.87. The van der Waals surface area contributed by atoms with Crippen LogP contribution in [0.4, 0.5) is 0 Å².